The fraction of sp³-hybridized carbons (Fsp3) is 0.154. The van der Waals surface area contributed by atoms with Gasteiger partial charge in [0.25, 0.3) is 5.89 Å². The average molecular weight is 489 g/mol. The Morgan fingerprint density at radius 1 is 1.09 bits per heavy atom. The highest BCUT2D eigenvalue weighted by Gasteiger charge is 2.22. The van der Waals surface area contributed by atoms with Gasteiger partial charge in [-0.3, -0.25) is 9.78 Å². The maximum Gasteiger partial charge on any atom is 0.415 e. The molecular formula is C26H21ClN4O4. The number of hydrogen-bond acceptors (Lipinski definition) is 7. The minimum Gasteiger partial charge on any atom is -0.497 e. The summed E-state index contributed by atoms with van der Waals surface area (Å²) >= 11 is 6.01. The number of ketones is 1. The first kappa shape index (κ1) is 22.6. The molecule has 176 valence electrons. The number of halogens is 1. The first-order valence-electron chi connectivity index (χ1n) is 10.9. The van der Waals surface area contributed by atoms with Crippen LogP contribution in [0.15, 0.2) is 71.3 Å². The van der Waals surface area contributed by atoms with Gasteiger partial charge in [0.2, 0.25) is 0 Å². The Hall–Kier alpha value is -4.17. The van der Waals surface area contributed by atoms with E-state index in [1.165, 1.54) is 0 Å². The topological polar surface area (TPSA) is 92.3 Å². The molecule has 0 bridgehead atoms. The smallest absolute Gasteiger partial charge is 0.415 e. The van der Waals surface area contributed by atoms with Gasteiger partial charge in [-0.1, -0.05) is 22.8 Å². The third-order valence-electron chi connectivity index (χ3n) is 5.69. The van der Waals surface area contributed by atoms with Gasteiger partial charge >= 0.3 is 6.08 Å². The zero-order valence-corrected chi connectivity index (χ0v) is 19.8. The van der Waals surface area contributed by atoms with E-state index >= 15 is 0 Å². The van der Waals surface area contributed by atoms with E-state index in [1.807, 2.05) is 41.8 Å². The van der Waals surface area contributed by atoms with Crippen LogP contribution in [-0.4, -0.2) is 39.2 Å². The van der Waals surface area contributed by atoms with Crippen LogP contribution in [0.4, 0.5) is 0 Å². The minimum absolute atomic E-state index is 0.0545. The number of aromatic nitrogens is 4. The van der Waals surface area contributed by atoms with Gasteiger partial charge in [-0.15, -0.1) is 5.10 Å². The molecule has 0 radical (unpaired) electrons. The van der Waals surface area contributed by atoms with Crippen molar-refractivity contribution in [3.63, 3.8) is 0 Å². The molecule has 0 saturated carbocycles. The third kappa shape index (κ3) is 4.48. The van der Waals surface area contributed by atoms with E-state index in [1.54, 1.807) is 43.6 Å². The average Bonchev–Trinajstić information content (AvgIpc) is 3.47. The number of fused-ring (bicyclic) bond motifs is 1. The van der Waals surface area contributed by atoms with Crippen molar-refractivity contribution in [3.05, 3.63) is 88.7 Å². The molecule has 9 heteroatoms. The zero-order valence-electron chi connectivity index (χ0n) is 19.1. The number of hydrogen-bond donors (Lipinski definition) is 0. The van der Waals surface area contributed by atoms with Crippen molar-refractivity contribution in [3.8, 4) is 23.4 Å². The van der Waals surface area contributed by atoms with Gasteiger partial charge in [0.05, 0.1) is 19.2 Å². The van der Waals surface area contributed by atoms with Crippen molar-refractivity contribution >= 4 is 28.3 Å². The van der Waals surface area contributed by atoms with E-state index < -0.39 is 0 Å². The number of methoxy groups -OCH3 is 1. The first-order chi connectivity index (χ1) is 17.0. The normalized spacial score (nSPS) is 11.1. The van der Waals surface area contributed by atoms with Gasteiger partial charge in [-0.05, 0) is 61.5 Å². The van der Waals surface area contributed by atoms with E-state index in [0.29, 0.717) is 34.1 Å². The highest BCUT2D eigenvalue weighted by molar-refractivity contribution is 6.30. The Kier molecular flexibility index (Phi) is 6.20. The number of nitrogens with zero attached hydrogens (tertiary/aromatic N) is 4. The van der Waals surface area contributed by atoms with Gasteiger partial charge in [-0.2, -0.15) is 0 Å². The Bertz CT molecular complexity index is 1490. The SMILES string of the molecule is COc1ccc2c(c1)c(C(=O)c1ccc(Cl)cc1)c(C)n2CCOc1nnc(-c2ccccn2)o1. The number of rotatable bonds is 8. The molecule has 0 spiro atoms. The standard InChI is InChI=1S/C26H21ClN4O4/c1-16-23(24(32)17-6-8-18(27)9-7-17)20-15-19(33-2)10-11-22(20)31(16)13-14-34-26-30-29-25(35-26)21-5-3-4-12-28-21/h3-12,15H,13-14H2,1-2H3. The predicted molar refractivity (Wildman–Crippen MR) is 131 cm³/mol. The Morgan fingerprint density at radius 2 is 1.91 bits per heavy atom. The van der Waals surface area contributed by atoms with E-state index in [9.17, 15) is 4.79 Å². The van der Waals surface area contributed by atoms with Crippen LogP contribution >= 0.6 is 11.6 Å². The molecule has 0 aliphatic heterocycles. The first-order valence-corrected chi connectivity index (χ1v) is 11.3. The van der Waals surface area contributed by atoms with Crippen LogP contribution in [0.3, 0.4) is 0 Å². The zero-order chi connectivity index (χ0) is 24.4. The number of carbonyl (C=O) groups is 1. The van der Waals surface area contributed by atoms with Crippen molar-refractivity contribution in [2.75, 3.05) is 13.7 Å². The van der Waals surface area contributed by atoms with Crippen LogP contribution in [-0.2, 0) is 6.54 Å². The maximum atomic E-state index is 13.5. The lowest BCUT2D eigenvalue weighted by Crippen LogP contribution is -2.11. The number of ether oxygens (including phenoxy) is 2. The third-order valence-corrected chi connectivity index (χ3v) is 5.95. The molecule has 5 aromatic rings. The van der Waals surface area contributed by atoms with Crippen molar-refractivity contribution in [2.24, 2.45) is 0 Å². The quantitative estimate of drug-likeness (QED) is 0.271. The van der Waals surface area contributed by atoms with Crippen LogP contribution in [0.2, 0.25) is 5.02 Å². The summed E-state index contributed by atoms with van der Waals surface area (Å²) in [6, 6.07) is 18.0. The van der Waals surface area contributed by atoms with Crippen molar-refractivity contribution in [1.29, 1.82) is 0 Å². The summed E-state index contributed by atoms with van der Waals surface area (Å²) in [5.41, 5.74) is 3.45. The highest BCUT2D eigenvalue weighted by Crippen LogP contribution is 2.31. The van der Waals surface area contributed by atoms with E-state index in [4.69, 9.17) is 25.5 Å². The van der Waals surface area contributed by atoms with E-state index in [-0.39, 0.29) is 24.4 Å². The summed E-state index contributed by atoms with van der Waals surface area (Å²) in [4.78, 5) is 17.7. The van der Waals surface area contributed by atoms with Crippen LogP contribution in [0.5, 0.6) is 11.8 Å². The minimum atomic E-state index is -0.0889. The lowest BCUT2D eigenvalue weighted by atomic mass is 10.0. The summed E-state index contributed by atoms with van der Waals surface area (Å²) in [6.45, 7) is 2.64. The summed E-state index contributed by atoms with van der Waals surface area (Å²) in [5.74, 6) is 0.865. The highest BCUT2D eigenvalue weighted by atomic mass is 35.5. The number of pyridine rings is 1. The monoisotopic (exact) mass is 488 g/mol. The largest absolute Gasteiger partial charge is 0.497 e. The molecule has 2 aromatic carbocycles. The number of benzene rings is 2. The Balaban J connectivity index is 1.42. The predicted octanol–water partition coefficient (Wildman–Crippen LogP) is 5.37. The fourth-order valence-electron chi connectivity index (χ4n) is 3.99. The van der Waals surface area contributed by atoms with Crippen LogP contribution in [0.25, 0.3) is 22.5 Å². The van der Waals surface area contributed by atoms with Crippen LogP contribution < -0.4 is 9.47 Å². The maximum absolute atomic E-state index is 13.5. The van der Waals surface area contributed by atoms with Crippen molar-refractivity contribution < 1.29 is 18.7 Å². The number of carbonyl (C=O) groups excluding carboxylic acids is 1. The molecular weight excluding hydrogens is 468 g/mol. The summed E-state index contributed by atoms with van der Waals surface area (Å²) in [6.07, 6.45) is 1.71. The molecule has 3 heterocycles. The Labute approximate surface area is 206 Å². The van der Waals surface area contributed by atoms with Crippen molar-refractivity contribution in [1.82, 2.24) is 19.7 Å². The van der Waals surface area contributed by atoms with Gasteiger partial charge in [0.1, 0.15) is 18.1 Å². The van der Waals surface area contributed by atoms with Crippen molar-refractivity contribution in [2.45, 2.75) is 13.5 Å². The molecule has 0 saturated heterocycles. The molecule has 3 aromatic heterocycles. The molecule has 0 amide bonds. The Morgan fingerprint density at radius 3 is 2.66 bits per heavy atom. The molecule has 0 fully saturated rings. The van der Waals surface area contributed by atoms with Crippen LogP contribution in [0.1, 0.15) is 21.6 Å². The second kappa shape index (κ2) is 9.60. The van der Waals surface area contributed by atoms with Gasteiger partial charge in [-0.25, -0.2) is 0 Å². The summed E-state index contributed by atoms with van der Waals surface area (Å²) in [7, 11) is 1.60. The molecule has 0 aliphatic rings. The summed E-state index contributed by atoms with van der Waals surface area (Å²) < 4.78 is 18.7. The molecule has 8 nitrogen and oxygen atoms in total. The molecule has 5 rings (SSSR count). The van der Waals surface area contributed by atoms with Gasteiger partial charge in [0.15, 0.2) is 5.78 Å². The van der Waals surface area contributed by atoms with Crippen LogP contribution in [0, 0.1) is 6.92 Å². The summed E-state index contributed by atoms with van der Waals surface area (Å²) in [5, 5.41) is 9.31. The van der Waals surface area contributed by atoms with Gasteiger partial charge < -0.3 is 18.5 Å². The lowest BCUT2D eigenvalue weighted by Gasteiger charge is -2.09. The van der Waals surface area contributed by atoms with Gasteiger partial charge in [0, 0.05) is 33.4 Å². The molecule has 0 N–H and O–H groups in total. The molecule has 0 atom stereocenters. The van der Waals surface area contributed by atoms with E-state index in [0.717, 1.165) is 16.6 Å². The lowest BCUT2D eigenvalue weighted by molar-refractivity contribution is 0.103. The molecule has 35 heavy (non-hydrogen) atoms. The molecule has 0 unspecified atom stereocenters. The van der Waals surface area contributed by atoms with E-state index in [2.05, 4.69) is 15.2 Å². The second-order valence-electron chi connectivity index (χ2n) is 7.77. The second-order valence-corrected chi connectivity index (χ2v) is 8.20. The fourth-order valence-corrected chi connectivity index (χ4v) is 4.12. The molecule has 0 aliphatic carbocycles.